The first-order chi connectivity index (χ1) is 6.22. The molecular formula is C12H19NO. The van der Waals surface area contributed by atoms with E-state index in [0.717, 1.165) is 0 Å². The van der Waals surface area contributed by atoms with E-state index < -0.39 is 0 Å². The van der Waals surface area contributed by atoms with Gasteiger partial charge in [-0.1, -0.05) is 46.8 Å². The largest absolute Gasteiger partial charge is 0.295 e. The van der Waals surface area contributed by atoms with Gasteiger partial charge in [0.05, 0.1) is 0 Å². The third kappa shape index (κ3) is 2.47. The van der Waals surface area contributed by atoms with Crippen LogP contribution in [0.25, 0.3) is 0 Å². The molecule has 0 fully saturated rings. The molecule has 0 aromatic heterocycles. The number of carbonyl (C=O) groups excluding carboxylic acids is 1. The van der Waals surface area contributed by atoms with Crippen molar-refractivity contribution in [2.24, 2.45) is 10.8 Å². The fraction of sp³-hybridized carbons (Fsp3) is 0.583. The van der Waals surface area contributed by atoms with Gasteiger partial charge in [0.1, 0.15) is 0 Å². The van der Waals surface area contributed by atoms with Crippen LogP contribution in [-0.4, -0.2) is 10.8 Å². The summed E-state index contributed by atoms with van der Waals surface area (Å²) in [7, 11) is 0. The Hall–Kier alpha value is -1.05. The topological polar surface area (TPSA) is 20.3 Å². The molecule has 0 N–H and O–H groups in total. The minimum absolute atomic E-state index is 0.0642. The first kappa shape index (κ1) is 11.0. The molecule has 0 saturated heterocycles. The molecule has 0 saturated carbocycles. The molecule has 0 radical (unpaired) electrons. The second-order valence-corrected chi connectivity index (χ2v) is 5.42. The van der Waals surface area contributed by atoms with Crippen LogP contribution < -0.4 is 0 Å². The molecule has 14 heavy (non-hydrogen) atoms. The molecule has 78 valence electrons. The average Bonchev–Trinajstić information content (AvgIpc) is 2.01. The fourth-order valence-corrected chi connectivity index (χ4v) is 1.17. The number of nitrogens with zero attached hydrogens (tertiary/aromatic N) is 1. The summed E-state index contributed by atoms with van der Waals surface area (Å²) in [4.78, 5) is 13.5. The van der Waals surface area contributed by atoms with Gasteiger partial charge in [0.25, 0.3) is 0 Å². The van der Waals surface area contributed by atoms with Gasteiger partial charge < -0.3 is 0 Å². The van der Waals surface area contributed by atoms with E-state index in [2.05, 4.69) is 13.8 Å². The lowest BCUT2D eigenvalue weighted by Gasteiger charge is -2.29. The highest BCUT2D eigenvalue weighted by molar-refractivity contribution is 5.83. The average molecular weight is 193 g/mol. The normalized spacial score (nSPS) is 19.9. The van der Waals surface area contributed by atoms with Crippen LogP contribution in [0.15, 0.2) is 24.6 Å². The second kappa shape index (κ2) is 3.26. The van der Waals surface area contributed by atoms with Crippen LogP contribution in [0, 0.1) is 10.8 Å². The SMILES string of the molecule is CC1(C)C=CN(C(=O)C(C)(C)C)C=C1. The molecule has 1 rings (SSSR count). The van der Waals surface area contributed by atoms with Crippen LogP contribution in [0.3, 0.4) is 0 Å². The van der Waals surface area contributed by atoms with Crippen molar-refractivity contribution in [1.29, 1.82) is 0 Å². The summed E-state index contributed by atoms with van der Waals surface area (Å²) in [5, 5.41) is 0. The van der Waals surface area contributed by atoms with Crippen LogP contribution in [0.4, 0.5) is 0 Å². The third-order valence-corrected chi connectivity index (χ3v) is 2.21. The zero-order valence-corrected chi connectivity index (χ0v) is 9.66. The zero-order valence-electron chi connectivity index (χ0n) is 9.66. The highest BCUT2D eigenvalue weighted by Crippen LogP contribution is 2.26. The van der Waals surface area contributed by atoms with E-state index in [0.29, 0.717) is 0 Å². The highest BCUT2D eigenvalue weighted by Gasteiger charge is 2.27. The Morgan fingerprint density at radius 3 is 1.93 bits per heavy atom. The molecular weight excluding hydrogens is 174 g/mol. The molecule has 1 aliphatic rings. The highest BCUT2D eigenvalue weighted by atomic mass is 16.2. The summed E-state index contributed by atoms with van der Waals surface area (Å²) < 4.78 is 0. The van der Waals surface area contributed by atoms with Crippen molar-refractivity contribution >= 4 is 5.91 Å². The summed E-state index contributed by atoms with van der Waals surface area (Å²) in [6.45, 7) is 10.0. The van der Waals surface area contributed by atoms with Gasteiger partial charge in [-0.25, -0.2) is 0 Å². The van der Waals surface area contributed by atoms with Crippen molar-refractivity contribution in [2.45, 2.75) is 34.6 Å². The second-order valence-electron chi connectivity index (χ2n) is 5.42. The van der Waals surface area contributed by atoms with Crippen LogP contribution in [0.5, 0.6) is 0 Å². The summed E-state index contributed by atoms with van der Waals surface area (Å²) >= 11 is 0. The molecule has 0 unspecified atom stereocenters. The van der Waals surface area contributed by atoms with Gasteiger partial charge >= 0.3 is 0 Å². The predicted molar refractivity (Wildman–Crippen MR) is 58.4 cm³/mol. The maximum absolute atomic E-state index is 11.9. The number of hydrogen-bond donors (Lipinski definition) is 0. The van der Waals surface area contributed by atoms with Crippen LogP contribution in [0.1, 0.15) is 34.6 Å². The van der Waals surface area contributed by atoms with Gasteiger partial charge in [0, 0.05) is 23.2 Å². The first-order valence-electron chi connectivity index (χ1n) is 4.94. The summed E-state index contributed by atoms with van der Waals surface area (Å²) in [6, 6.07) is 0. The molecule has 1 heterocycles. The van der Waals surface area contributed by atoms with Crippen molar-refractivity contribution in [3.63, 3.8) is 0 Å². The van der Waals surface area contributed by atoms with Gasteiger partial charge in [0.15, 0.2) is 0 Å². The lowest BCUT2D eigenvalue weighted by molar-refractivity contribution is -0.134. The van der Waals surface area contributed by atoms with E-state index in [4.69, 9.17) is 0 Å². The van der Waals surface area contributed by atoms with E-state index in [1.54, 1.807) is 4.90 Å². The lowest BCUT2D eigenvalue weighted by atomic mass is 9.90. The number of amides is 1. The minimum atomic E-state index is -0.323. The minimum Gasteiger partial charge on any atom is -0.295 e. The monoisotopic (exact) mass is 193 g/mol. The van der Waals surface area contributed by atoms with Crippen molar-refractivity contribution < 1.29 is 4.79 Å². The van der Waals surface area contributed by atoms with Gasteiger partial charge in [0.2, 0.25) is 5.91 Å². The predicted octanol–water partition coefficient (Wildman–Crippen LogP) is 2.93. The molecule has 0 bridgehead atoms. The summed E-state index contributed by atoms with van der Waals surface area (Å²) in [5.41, 5.74) is -0.259. The number of rotatable bonds is 0. The summed E-state index contributed by atoms with van der Waals surface area (Å²) in [5.74, 6) is 0.125. The van der Waals surface area contributed by atoms with Gasteiger partial charge in [-0.2, -0.15) is 0 Å². The van der Waals surface area contributed by atoms with Gasteiger partial charge in [-0.05, 0) is 0 Å². The van der Waals surface area contributed by atoms with Crippen LogP contribution in [-0.2, 0) is 4.79 Å². The number of hydrogen-bond acceptors (Lipinski definition) is 1. The van der Waals surface area contributed by atoms with Crippen LogP contribution >= 0.6 is 0 Å². The molecule has 0 atom stereocenters. The Morgan fingerprint density at radius 1 is 1.14 bits per heavy atom. The van der Waals surface area contributed by atoms with Crippen molar-refractivity contribution in [2.75, 3.05) is 0 Å². The van der Waals surface area contributed by atoms with Gasteiger partial charge in [-0.15, -0.1) is 0 Å². The van der Waals surface area contributed by atoms with Crippen molar-refractivity contribution in [1.82, 2.24) is 4.90 Å². The van der Waals surface area contributed by atoms with Crippen LogP contribution in [0.2, 0.25) is 0 Å². The number of carbonyl (C=O) groups is 1. The van der Waals surface area contributed by atoms with Gasteiger partial charge in [-0.3, -0.25) is 9.69 Å². The molecule has 0 aromatic carbocycles. The Morgan fingerprint density at radius 2 is 1.57 bits per heavy atom. The van der Waals surface area contributed by atoms with Crippen molar-refractivity contribution in [3.05, 3.63) is 24.6 Å². The lowest BCUT2D eigenvalue weighted by Crippen LogP contribution is -2.34. The van der Waals surface area contributed by atoms with E-state index in [1.165, 1.54) is 0 Å². The fourth-order valence-electron chi connectivity index (χ4n) is 1.17. The molecule has 1 amide bonds. The van der Waals surface area contributed by atoms with E-state index in [-0.39, 0.29) is 16.7 Å². The maximum atomic E-state index is 11.9. The Labute approximate surface area is 86.3 Å². The molecule has 1 aliphatic heterocycles. The first-order valence-corrected chi connectivity index (χ1v) is 4.94. The Bertz CT molecular complexity index is 276. The van der Waals surface area contributed by atoms with E-state index in [1.807, 2.05) is 45.3 Å². The molecule has 2 nitrogen and oxygen atoms in total. The third-order valence-electron chi connectivity index (χ3n) is 2.21. The smallest absolute Gasteiger partial charge is 0.235 e. The molecule has 0 aliphatic carbocycles. The quantitative estimate of drug-likeness (QED) is 0.579. The maximum Gasteiger partial charge on any atom is 0.235 e. The zero-order chi connectivity index (χ0) is 11.0. The molecule has 2 heteroatoms. The van der Waals surface area contributed by atoms with Crippen molar-refractivity contribution in [3.8, 4) is 0 Å². The molecule has 0 aromatic rings. The molecule has 0 spiro atoms. The van der Waals surface area contributed by atoms with E-state index in [9.17, 15) is 4.79 Å². The van der Waals surface area contributed by atoms with E-state index >= 15 is 0 Å². The number of allylic oxidation sites excluding steroid dienone is 2. The standard InChI is InChI=1S/C12H19NO/c1-11(2,3)10(14)13-8-6-12(4,5)7-9-13/h6-9H,1-5H3. The Balaban J connectivity index is 2.78. The Kier molecular flexibility index (Phi) is 2.57. The summed E-state index contributed by atoms with van der Waals surface area (Å²) in [6.07, 6.45) is 7.79.